The highest BCUT2D eigenvalue weighted by Crippen LogP contribution is 2.26. The Morgan fingerprint density at radius 1 is 1.33 bits per heavy atom. The van der Waals surface area contributed by atoms with Gasteiger partial charge in [0.1, 0.15) is 17.4 Å². The standard InChI is InChI=1S/C17H20N2O2/c18-12-15(11-14-5-7-16(20)8-6-14)17(21)19-10-9-13-3-1-2-4-13/h5-8,11,13,20H,1-4,9-10H2,(H,19,21)/b15-11+. The molecule has 0 saturated heterocycles. The SMILES string of the molecule is N#C/C(=C\c1ccc(O)cc1)C(=O)NCCC1CCCC1. The van der Waals surface area contributed by atoms with Crippen molar-refractivity contribution in [1.29, 1.82) is 5.26 Å². The Hall–Kier alpha value is -2.28. The van der Waals surface area contributed by atoms with Crippen LogP contribution in [0.15, 0.2) is 29.8 Å². The minimum atomic E-state index is -0.330. The summed E-state index contributed by atoms with van der Waals surface area (Å²) in [5, 5.41) is 21.1. The normalized spacial score (nSPS) is 15.7. The predicted molar refractivity (Wildman–Crippen MR) is 81.3 cm³/mol. The van der Waals surface area contributed by atoms with Crippen molar-refractivity contribution >= 4 is 12.0 Å². The summed E-state index contributed by atoms with van der Waals surface area (Å²) in [6, 6.07) is 8.31. The van der Waals surface area contributed by atoms with Gasteiger partial charge in [-0.1, -0.05) is 37.8 Å². The van der Waals surface area contributed by atoms with Gasteiger partial charge in [0, 0.05) is 6.54 Å². The van der Waals surface area contributed by atoms with Gasteiger partial charge in [-0.2, -0.15) is 5.26 Å². The molecular weight excluding hydrogens is 264 g/mol. The van der Waals surface area contributed by atoms with Crippen LogP contribution in [0, 0.1) is 17.2 Å². The molecule has 1 aromatic rings. The van der Waals surface area contributed by atoms with Crippen LogP contribution in [0.25, 0.3) is 6.08 Å². The van der Waals surface area contributed by atoms with Crippen LogP contribution in [-0.4, -0.2) is 17.6 Å². The lowest BCUT2D eigenvalue weighted by molar-refractivity contribution is -0.117. The van der Waals surface area contributed by atoms with E-state index in [0.717, 1.165) is 17.9 Å². The van der Waals surface area contributed by atoms with E-state index in [4.69, 9.17) is 5.26 Å². The second-order valence-electron chi connectivity index (χ2n) is 5.46. The maximum atomic E-state index is 12.0. The Morgan fingerprint density at radius 3 is 2.62 bits per heavy atom. The Labute approximate surface area is 125 Å². The van der Waals surface area contributed by atoms with E-state index in [-0.39, 0.29) is 17.2 Å². The van der Waals surface area contributed by atoms with Gasteiger partial charge in [-0.15, -0.1) is 0 Å². The van der Waals surface area contributed by atoms with Crippen molar-refractivity contribution in [3.8, 4) is 11.8 Å². The molecule has 0 atom stereocenters. The molecule has 0 spiro atoms. The zero-order valence-electron chi connectivity index (χ0n) is 12.0. The molecule has 0 aliphatic heterocycles. The number of benzene rings is 1. The molecule has 0 heterocycles. The van der Waals surface area contributed by atoms with E-state index in [2.05, 4.69) is 5.32 Å². The van der Waals surface area contributed by atoms with E-state index < -0.39 is 0 Å². The fourth-order valence-corrected chi connectivity index (χ4v) is 2.67. The molecule has 1 fully saturated rings. The van der Waals surface area contributed by atoms with Gasteiger partial charge in [-0.25, -0.2) is 0 Å². The molecule has 21 heavy (non-hydrogen) atoms. The first-order valence-electron chi connectivity index (χ1n) is 7.38. The van der Waals surface area contributed by atoms with E-state index in [1.165, 1.54) is 43.9 Å². The molecule has 0 aromatic heterocycles. The number of phenolic OH excluding ortho intramolecular Hbond substituents is 1. The highest BCUT2D eigenvalue weighted by Gasteiger charge is 2.15. The van der Waals surface area contributed by atoms with Crippen LogP contribution in [0.4, 0.5) is 0 Å². The van der Waals surface area contributed by atoms with E-state index in [9.17, 15) is 9.90 Å². The van der Waals surface area contributed by atoms with Crippen molar-refractivity contribution in [3.05, 3.63) is 35.4 Å². The number of rotatable bonds is 5. The molecule has 2 N–H and O–H groups in total. The zero-order chi connectivity index (χ0) is 15.1. The minimum Gasteiger partial charge on any atom is -0.508 e. The van der Waals surface area contributed by atoms with Crippen molar-refractivity contribution in [2.45, 2.75) is 32.1 Å². The molecule has 0 bridgehead atoms. The highest BCUT2D eigenvalue weighted by atomic mass is 16.3. The molecule has 4 nitrogen and oxygen atoms in total. The molecule has 4 heteroatoms. The number of phenols is 1. The quantitative estimate of drug-likeness (QED) is 0.645. The first-order valence-corrected chi connectivity index (χ1v) is 7.38. The number of nitrogens with zero attached hydrogens (tertiary/aromatic N) is 1. The molecule has 1 saturated carbocycles. The average Bonchev–Trinajstić information content (AvgIpc) is 3.00. The number of aromatic hydroxyl groups is 1. The van der Waals surface area contributed by atoms with Gasteiger partial charge in [0.25, 0.3) is 5.91 Å². The Morgan fingerprint density at radius 2 is 2.00 bits per heavy atom. The zero-order valence-corrected chi connectivity index (χ0v) is 12.0. The molecule has 1 aliphatic carbocycles. The van der Waals surface area contributed by atoms with Gasteiger partial charge in [0.15, 0.2) is 0 Å². The summed E-state index contributed by atoms with van der Waals surface area (Å²) < 4.78 is 0. The fourth-order valence-electron chi connectivity index (χ4n) is 2.67. The highest BCUT2D eigenvalue weighted by molar-refractivity contribution is 6.01. The third-order valence-corrected chi connectivity index (χ3v) is 3.88. The van der Waals surface area contributed by atoms with Crippen LogP contribution in [0.1, 0.15) is 37.7 Å². The number of nitrogens with one attached hydrogen (secondary N) is 1. The summed E-state index contributed by atoms with van der Waals surface area (Å²) in [7, 11) is 0. The van der Waals surface area contributed by atoms with Crippen LogP contribution in [-0.2, 0) is 4.79 Å². The first kappa shape index (κ1) is 15.1. The third-order valence-electron chi connectivity index (χ3n) is 3.88. The maximum absolute atomic E-state index is 12.0. The second-order valence-corrected chi connectivity index (χ2v) is 5.46. The van der Waals surface area contributed by atoms with Gasteiger partial charge in [-0.3, -0.25) is 4.79 Å². The van der Waals surface area contributed by atoms with Gasteiger partial charge < -0.3 is 10.4 Å². The van der Waals surface area contributed by atoms with Crippen LogP contribution < -0.4 is 5.32 Å². The van der Waals surface area contributed by atoms with Gasteiger partial charge in [-0.05, 0) is 36.1 Å². The topological polar surface area (TPSA) is 73.1 Å². The molecule has 1 aromatic carbocycles. The maximum Gasteiger partial charge on any atom is 0.261 e. The summed E-state index contributed by atoms with van der Waals surface area (Å²) in [6.07, 6.45) is 7.62. The Balaban J connectivity index is 1.88. The monoisotopic (exact) mass is 284 g/mol. The lowest BCUT2D eigenvalue weighted by Gasteiger charge is -2.09. The molecular formula is C17H20N2O2. The van der Waals surface area contributed by atoms with Crippen LogP contribution in [0.3, 0.4) is 0 Å². The van der Waals surface area contributed by atoms with Crippen molar-refractivity contribution in [3.63, 3.8) is 0 Å². The second kappa shape index (κ2) is 7.49. The predicted octanol–water partition coefficient (Wildman–Crippen LogP) is 3.00. The van der Waals surface area contributed by atoms with Gasteiger partial charge in [0.2, 0.25) is 0 Å². The van der Waals surface area contributed by atoms with E-state index in [1.807, 2.05) is 6.07 Å². The molecule has 0 unspecified atom stereocenters. The summed E-state index contributed by atoms with van der Waals surface area (Å²) in [5.41, 5.74) is 0.808. The van der Waals surface area contributed by atoms with Crippen molar-refractivity contribution in [1.82, 2.24) is 5.32 Å². The first-order chi connectivity index (χ1) is 10.2. The van der Waals surface area contributed by atoms with Gasteiger partial charge in [0.05, 0.1) is 0 Å². The Bertz CT molecular complexity index is 549. The van der Waals surface area contributed by atoms with Crippen molar-refractivity contribution in [2.24, 2.45) is 5.92 Å². The molecule has 1 aliphatic rings. The number of carbonyl (C=O) groups excluding carboxylic acids is 1. The summed E-state index contributed by atoms with van der Waals surface area (Å²) in [4.78, 5) is 12.0. The van der Waals surface area contributed by atoms with Crippen molar-refractivity contribution < 1.29 is 9.90 Å². The molecule has 1 amide bonds. The minimum absolute atomic E-state index is 0.0899. The fraction of sp³-hybridized carbons (Fsp3) is 0.412. The van der Waals surface area contributed by atoms with Crippen LogP contribution >= 0.6 is 0 Å². The smallest absolute Gasteiger partial charge is 0.261 e. The third kappa shape index (κ3) is 4.64. The molecule has 110 valence electrons. The number of hydrogen-bond acceptors (Lipinski definition) is 3. The van der Waals surface area contributed by atoms with Crippen LogP contribution in [0.5, 0.6) is 5.75 Å². The van der Waals surface area contributed by atoms with E-state index in [0.29, 0.717) is 6.54 Å². The molecule has 2 rings (SSSR count). The number of amides is 1. The number of hydrogen-bond donors (Lipinski definition) is 2. The van der Waals surface area contributed by atoms with Crippen LogP contribution in [0.2, 0.25) is 0 Å². The summed E-state index contributed by atoms with van der Waals surface area (Å²) >= 11 is 0. The van der Waals surface area contributed by atoms with E-state index >= 15 is 0 Å². The number of carbonyl (C=O) groups is 1. The Kier molecular flexibility index (Phi) is 5.39. The van der Waals surface area contributed by atoms with E-state index in [1.54, 1.807) is 12.1 Å². The molecule has 0 radical (unpaired) electrons. The van der Waals surface area contributed by atoms with Crippen molar-refractivity contribution in [2.75, 3.05) is 6.54 Å². The largest absolute Gasteiger partial charge is 0.508 e. The average molecular weight is 284 g/mol. The lowest BCUT2D eigenvalue weighted by Crippen LogP contribution is -2.26. The summed E-state index contributed by atoms with van der Waals surface area (Å²) in [5.74, 6) is 0.548. The van der Waals surface area contributed by atoms with Gasteiger partial charge >= 0.3 is 0 Å². The summed E-state index contributed by atoms with van der Waals surface area (Å²) in [6.45, 7) is 0.623. The lowest BCUT2D eigenvalue weighted by atomic mass is 10.0. The number of nitriles is 1.